The molecule has 0 fully saturated rings. The van der Waals surface area contributed by atoms with Gasteiger partial charge in [0.1, 0.15) is 0 Å². The predicted octanol–water partition coefficient (Wildman–Crippen LogP) is 1.34. The minimum atomic E-state index is -3.39. The normalized spacial score (nSPS) is 12.2. The Bertz CT molecular complexity index is 144. The highest BCUT2D eigenvalue weighted by Crippen LogP contribution is 2.08. The van der Waals surface area contributed by atoms with Gasteiger partial charge in [-0.3, -0.25) is 10.1 Å². The lowest BCUT2D eigenvalue weighted by molar-refractivity contribution is -0.405. The average molecular weight is 141 g/mol. The molecule has 0 unspecified atom stereocenters. The number of alkyl halides is 2. The Morgan fingerprint density at radius 1 is 1.67 bits per heavy atom. The first kappa shape index (κ1) is 7.93. The van der Waals surface area contributed by atoms with Crippen LogP contribution in [0.4, 0.5) is 13.2 Å². The van der Waals surface area contributed by atoms with E-state index in [0.717, 1.165) is 0 Å². The fourth-order valence-electron chi connectivity index (χ4n) is 0.157. The molecule has 0 radical (unpaired) electrons. The lowest BCUT2D eigenvalue weighted by atomic mass is 10.6. The summed E-state index contributed by atoms with van der Waals surface area (Å²) in [7, 11) is 0. The topological polar surface area (TPSA) is 43.1 Å². The highest BCUT2D eigenvalue weighted by Gasteiger charge is 2.13. The standard InChI is InChI=1S/C3H2F3NO2/c4-2(3(5)6)1-7(8)9/h1,3H. The highest BCUT2D eigenvalue weighted by atomic mass is 19.3. The molecular formula is C3H2F3NO2. The molecule has 0 rings (SSSR count). The Morgan fingerprint density at radius 3 is 2.22 bits per heavy atom. The molecule has 3 nitrogen and oxygen atoms in total. The van der Waals surface area contributed by atoms with Crippen molar-refractivity contribution in [3.05, 3.63) is 22.1 Å². The minimum absolute atomic E-state index is 0.370. The van der Waals surface area contributed by atoms with Gasteiger partial charge >= 0.3 is 0 Å². The molecule has 0 N–H and O–H groups in total. The summed E-state index contributed by atoms with van der Waals surface area (Å²) >= 11 is 0. The maximum Gasteiger partial charge on any atom is 0.295 e. The van der Waals surface area contributed by atoms with E-state index in [9.17, 15) is 23.3 Å². The van der Waals surface area contributed by atoms with Gasteiger partial charge < -0.3 is 0 Å². The minimum Gasteiger partial charge on any atom is -0.259 e. The van der Waals surface area contributed by atoms with Crippen molar-refractivity contribution in [3.8, 4) is 0 Å². The number of nitrogens with zero attached hydrogens (tertiary/aromatic N) is 1. The van der Waals surface area contributed by atoms with E-state index in [2.05, 4.69) is 0 Å². The Kier molecular flexibility index (Phi) is 2.69. The predicted molar refractivity (Wildman–Crippen MR) is 22.2 cm³/mol. The molecule has 0 aromatic rings. The zero-order valence-electron chi connectivity index (χ0n) is 4.05. The number of hydrogen-bond donors (Lipinski definition) is 0. The van der Waals surface area contributed by atoms with E-state index in [0.29, 0.717) is 0 Å². The Hall–Kier alpha value is -1.07. The Morgan fingerprint density at radius 2 is 2.11 bits per heavy atom. The summed E-state index contributed by atoms with van der Waals surface area (Å²) in [6.07, 6.45) is -3.76. The van der Waals surface area contributed by atoms with Crippen LogP contribution >= 0.6 is 0 Å². The molecular weight excluding hydrogens is 139 g/mol. The van der Waals surface area contributed by atoms with E-state index in [-0.39, 0.29) is 6.20 Å². The fraction of sp³-hybridized carbons (Fsp3) is 0.333. The second-order valence-electron chi connectivity index (χ2n) is 1.10. The summed E-state index contributed by atoms with van der Waals surface area (Å²) in [5, 5.41) is 9.27. The third-order valence-corrected chi connectivity index (χ3v) is 0.437. The maximum absolute atomic E-state index is 11.4. The van der Waals surface area contributed by atoms with Crippen LogP contribution < -0.4 is 0 Å². The zero-order valence-corrected chi connectivity index (χ0v) is 4.05. The molecule has 6 heteroatoms. The first-order chi connectivity index (χ1) is 4.04. The molecule has 0 aromatic carbocycles. The Balaban J connectivity index is 4.00. The van der Waals surface area contributed by atoms with Crippen LogP contribution in [0.2, 0.25) is 0 Å². The van der Waals surface area contributed by atoms with Crippen LogP contribution in [0.25, 0.3) is 0 Å². The van der Waals surface area contributed by atoms with Crippen LogP contribution in [-0.4, -0.2) is 11.3 Å². The van der Waals surface area contributed by atoms with E-state index >= 15 is 0 Å². The van der Waals surface area contributed by atoms with E-state index < -0.39 is 17.2 Å². The van der Waals surface area contributed by atoms with Gasteiger partial charge in [-0.05, 0) is 0 Å². The summed E-state index contributed by atoms with van der Waals surface area (Å²) in [4.78, 5) is 7.99. The third kappa shape index (κ3) is 3.51. The molecule has 0 aliphatic rings. The molecule has 0 bridgehead atoms. The monoisotopic (exact) mass is 141 g/mol. The number of hydrogen-bond acceptors (Lipinski definition) is 2. The summed E-state index contributed by atoms with van der Waals surface area (Å²) in [6.45, 7) is 0. The van der Waals surface area contributed by atoms with Crippen molar-refractivity contribution in [1.82, 2.24) is 0 Å². The van der Waals surface area contributed by atoms with Crippen LogP contribution in [0.1, 0.15) is 0 Å². The van der Waals surface area contributed by atoms with E-state index in [1.807, 2.05) is 0 Å². The maximum atomic E-state index is 11.4. The second-order valence-corrected chi connectivity index (χ2v) is 1.10. The summed E-state index contributed by atoms with van der Waals surface area (Å²) in [5.41, 5.74) is 0. The zero-order chi connectivity index (χ0) is 7.44. The van der Waals surface area contributed by atoms with Crippen LogP contribution in [0.5, 0.6) is 0 Å². The van der Waals surface area contributed by atoms with Gasteiger partial charge in [0, 0.05) is 0 Å². The van der Waals surface area contributed by atoms with Crippen LogP contribution in [0, 0.1) is 10.1 Å². The van der Waals surface area contributed by atoms with E-state index in [4.69, 9.17) is 0 Å². The van der Waals surface area contributed by atoms with Crippen molar-refractivity contribution in [2.24, 2.45) is 0 Å². The number of nitro groups is 1. The van der Waals surface area contributed by atoms with Gasteiger partial charge in [0.25, 0.3) is 12.6 Å². The fourth-order valence-corrected chi connectivity index (χ4v) is 0.157. The number of halogens is 3. The summed E-state index contributed by atoms with van der Waals surface area (Å²) in [5.74, 6) is -2.03. The lowest BCUT2D eigenvalue weighted by Crippen LogP contribution is -1.94. The van der Waals surface area contributed by atoms with Gasteiger partial charge in [-0.2, -0.15) is 4.39 Å². The van der Waals surface area contributed by atoms with Crippen molar-refractivity contribution < 1.29 is 18.1 Å². The van der Waals surface area contributed by atoms with Crippen molar-refractivity contribution in [2.45, 2.75) is 6.43 Å². The van der Waals surface area contributed by atoms with Crippen LogP contribution in [-0.2, 0) is 0 Å². The van der Waals surface area contributed by atoms with Crippen molar-refractivity contribution in [1.29, 1.82) is 0 Å². The molecule has 0 aromatic heterocycles. The highest BCUT2D eigenvalue weighted by molar-refractivity contribution is 4.87. The molecule has 0 aliphatic carbocycles. The van der Waals surface area contributed by atoms with E-state index in [1.165, 1.54) is 0 Å². The Labute approximate surface area is 47.9 Å². The van der Waals surface area contributed by atoms with Gasteiger partial charge in [0.2, 0.25) is 5.83 Å². The van der Waals surface area contributed by atoms with Crippen LogP contribution in [0.15, 0.2) is 12.0 Å². The van der Waals surface area contributed by atoms with Gasteiger partial charge in [0.05, 0.1) is 4.92 Å². The largest absolute Gasteiger partial charge is 0.295 e. The quantitative estimate of drug-likeness (QED) is 0.430. The van der Waals surface area contributed by atoms with Crippen molar-refractivity contribution in [2.75, 3.05) is 0 Å². The molecule has 0 aliphatic heterocycles. The second kappa shape index (κ2) is 3.06. The lowest BCUT2D eigenvalue weighted by Gasteiger charge is -1.86. The van der Waals surface area contributed by atoms with Gasteiger partial charge in [-0.25, -0.2) is 8.78 Å². The number of rotatable bonds is 2. The molecule has 0 spiro atoms. The first-order valence-electron chi connectivity index (χ1n) is 1.83. The van der Waals surface area contributed by atoms with Gasteiger partial charge in [0.15, 0.2) is 0 Å². The molecule has 52 valence electrons. The summed E-state index contributed by atoms with van der Waals surface area (Å²) < 4.78 is 33.5. The first-order valence-corrected chi connectivity index (χ1v) is 1.83. The molecule has 0 amide bonds. The molecule has 0 heterocycles. The van der Waals surface area contributed by atoms with Crippen LogP contribution in [0.3, 0.4) is 0 Å². The third-order valence-electron chi connectivity index (χ3n) is 0.437. The van der Waals surface area contributed by atoms with Crippen molar-refractivity contribution in [3.63, 3.8) is 0 Å². The molecule has 0 saturated carbocycles. The molecule has 0 saturated heterocycles. The smallest absolute Gasteiger partial charge is 0.259 e. The molecule has 9 heavy (non-hydrogen) atoms. The SMILES string of the molecule is O=[N+]([O-])C=C(F)C(F)F. The van der Waals surface area contributed by atoms with E-state index in [1.54, 1.807) is 0 Å². The molecule has 0 atom stereocenters. The van der Waals surface area contributed by atoms with Crippen molar-refractivity contribution >= 4 is 0 Å². The van der Waals surface area contributed by atoms with Gasteiger partial charge in [-0.1, -0.05) is 0 Å². The average Bonchev–Trinajstić information content (AvgIpc) is 1.63. The van der Waals surface area contributed by atoms with Gasteiger partial charge in [-0.15, -0.1) is 0 Å². The number of allylic oxidation sites excluding steroid dienone is 1. The summed E-state index contributed by atoms with van der Waals surface area (Å²) in [6, 6.07) is 0.